The van der Waals surface area contributed by atoms with Gasteiger partial charge in [-0.1, -0.05) is 11.6 Å². The van der Waals surface area contributed by atoms with E-state index in [0.29, 0.717) is 13.0 Å². The highest BCUT2D eigenvalue weighted by atomic mass is 35.5. The second kappa shape index (κ2) is 7.51. The molecule has 5 nitrogen and oxygen atoms in total. The van der Waals surface area contributed by atoms with Crippen LogP contribution in [0.2, 0.25) is 5.02 Å². The van der Waals surface area contributed by atoms with Crippen molar-refractivity contribution in [1.82, 2.24) is 9.21 Å². The van der Waals surface area contributed by atoms with Crippen LogP contribution in [-0.2, 0) is 16.6 Å². The lowest BCUT2D eigenvalue weighted by Crippen LogP contribution is -2.30. The molecule has 0 aliphatic heterocycles. The van der Waals surface area contributed by atoms with E-state index in [1.54, 1.807) is 0 Å². The number of halogens is 2. The highest BCUT2D eigenvalue weighted by Gasteiger charge is 2.23. The zero-order valence-electron chi connectivity index (χ0n) is 12.4. The van der Waals surface area contributed by atoms with Crippen LogP contribution in [0.25, 0.3) is 0 Å². The molecule has 0 saturated heterocycles. The molecule has 0 unspecified atom stereocenters. The zero-order valence-corrected chi connectivity index (χ0v) is 14.0. The first-order chi connectivity index (χ1) is 9.70. The van der Waals surface area contributed by atoms with Gasteiger partial charge >= 0.3 is 0 Å². The van der Waals surface area contributed by atoms with Crippen molar-refractivity contribution in [3.8, 4) is 0 Å². The summed E-state index contributed by atoms with van der Waals surface area (Å²) in [5.41, 5.74) is 5.73. The van der Waals surface area contributed by atoms with Gasteiger partial charge in [0, 0.05) is 20.1 Å². The lowest BCUT2D eigenvalue weighted by atomic mass is 10.2. The molecule has 0 amide bonds. The van der Waals surface area contributed by atoms with E-state index >= 15 is 0 Å². The van der Waals surface area contributed by atoms with E-state index in [2.05, 4.69) is 0 Å². The number of rotatable bonds is 7. The highest BCUT2D eigenvalue weighted by molar-refractivity contribution is 7.89. The standard InChI is InChI=1S/C13H21ClFN3O2S/c1-17(2)5-4-6-18(3)21(19,20)11-7-10(9-16)13(14)12(15)8-11/h7-8H,4-6,9,16H2,1-3H3. The Morgan fingerprint density at radius 1 is 1.24 bits per heavy atom. The maximum absolute atomic E-state index is 13.7. The van der Waals surface area contributed by atoms with E-state index < -0.39 is 15.8 Å². The summed E-state index contributed by atoms with van der Waals surface area (Å²) in [5.74, 6) is -0.778. The summed E-state index contributed by atoms with van der Waals surface area (Å²) in [4.78, 5) is 1.84. The van der Waals surface area contributed by atoms with Gasteiger partial charge in [0.1, 0.15) is 5.82 Å². The summed E-state index contributed by atoms with van der Waals surface area (Å²) in [7, 11) is 1.55. The van der Waals surface area contributed by atoms with Gasteiger partial charge < -0.3 is 10.6 Å². The summed E-state index contributed by atoms with van der Waals surface area (Å²) < 4.78 is 39.7. The van der Waals surface area contributed by atoms with Gasteiger partial charge in [-0.15, -0.1) is 0 Å². The quantitative estimate of drug-likeness (QED) is 0.819. The molecule has 2 N–H and O–H groups in total. The van der Waals surface area contributed by atoms with Crippen molar-refractivity contribution in [3.63, 3.8) is 0 Å². The third-order valence-corrected chi connectivity index (χ3v) is 5.34. The lowest BCUT2D eigenvalue weighted by molar-refractivity contribution is 0.370. The number of sulfonamides is 1. The molecule has 1 aromatic carbocycles. The third kappa shape index (κ3) is 4.62. The number of hydrogen-bond donors (Lipinski definition) is 1. The van der Waals surface area contributed by atoms with Crippen molar-refractivity contribution >= 4 is 21.6 Å². The molecule has 21 heavy (non-hydrogen) atoms. The summed E-state index contributed by atoms with van der Waals surface area (Å²) in [6.07, 6.45) is 0.683. The molecular weight excluding hydrogens is 317 g/mol. The zero-order chi connectivity index (χ0) is 16.2. The van der Waals surface area contributed by atoms with Gasteiger partial charge in [-0.2, -0.15) is 0 Å². The molecule has 0 spiro atoms. The van der Waals surface area contributed by atoms with E-state index in [1.165, 1.54) is 17.4 Å². The van der Waals surface area contributed by atoms with E-state index in [-0.39, 0.29) is 22.0 Å². The Kier molecular flexibility index (Phi) is 6.55. The Hall–Kier alpha value is -0.730. The predicted molar refractivity (Wildman–Crippen MR) is 82.3 cm³/mol. The van der Waals surface area contributed by atoms with Crippen LogP contribution >= 0.6 is 11.6 Å². The van der Waals surface area contributed by atoms with Crippen LogP contribution in [0.3, 0.4) is 0 Å². The molecule has 1 rings (SSSR count). The second-order valence-electron chi connectivity index (χ2n) is 5.07. The number of nitrogens with zero attached hydrogens (tertiary/aromatic N) is 2. The van der Waals surface area contributed by atoms with E-state index in [1.807, 2.05) is 19.0 Å². The van der Waals surface area contributed by atoms with Crippen molar-refractivity contribution in [2.75, 3.05) is 34.2 Å². The summed E-state index contributed by atoms with van der Waals surface area (Å²) in [6.45, 7) is 1.09. The minimum absolute atomic E-state index is 0.0243. The van der Waals surface area contributed by atoms with Crippen molar-refractivity contribution in [2.45, 2.75) is 17.9 Å². The molecule has 0 aliphatic rings. The Morgan fingerprint density at radius 2 is 1.86 bits per heavy atom. The van der Waals surface area contributed by atoms with E-state index in [9.17, 15) is 12.8 Å². The Balaban J connectivity index is 2.99. The molecule has 0 atom stereocenters. The molecule has 0 heterocycles. The van der Waals surface area contributed by atoms with Gasteiger partial charge in [0.15, 0.2) is 0 Å². The predicted octanol–water partition coefficient (Wildman–Crippen LogP) is 1.51. The number of nitrogens with two attached hydrogens (primary N) is 1. The summed E-state index contributed by atoms with van der Waals surface area (Å²) >= 11 is 5.74. The fourth-order valence-corrected chi connectivity index (χ4v) is 3.28. The molecular formula is C13H21ClFN3O2S. The van der Waals surface area contributed by atoms with Crippen LogP contribution in [0.5, 0.6) is 0 Å². The smallest absolute Gasteiger partial charge is 0.242 e. The second-order valence-corrected chi connectivity index (χ2v) is 7.49. The minimum atomic E-state index is -3.75. The first kappa shape index (κ1) is 18.3. The summed E-state index contributed by atoms with van der Waals surface area (Å²) in [5, 5.41) is -0.133. The van der Waals surface area contributed by atoms with Gasteiger partial charge in [0.05, 0.1) is 9.92 Å². The van der Waals surface area contributed by atoms with Crippen LogP contribution in [0.15, 0.2) is 17.0 Å². The van der Waals surface area contributed by atoms with Crippen molar-refractivity contribution in [2.24, 2.45) is 5.73 Å². The third-order valence-electron chi connectivity index (χ3n) is 3.08. The Morgan fingerprint density at radius 3 is 2.38 bits per heavy atom. The first-order valence-corrected chi connectivity index (χ1v) is 8.31. The van der Waals surface area contributed by atoms with Gasteiger partial charge in [0.2, 0.25) is 10.0 Å². The summed E-state index contributed by atoms with van der Waals surface area (Å²) in [6, 6.07) is 2.25. The average Bonchev–Trinajstić information content (AvgIpc) is 2.40. The molecule has 0 aliphatic carbocycles. The fourth-order valence-electron chi connectivity index (χ4n) is 1.83. The van der Waals surface area contributed by atoms with Crippen molar-refractivity contribution in [3.05, 3.63) is 28.5 Å². The number of benzene rings is 1. The van der Waals surface area contributed by atoms with E-state index in [0.717, 1.165) is 12.6 Å². The molecule has 0 bridgehead atoms. The maximum atomic E-state index is 13.7. The molecule has 0 saturated carbocycles. The van der Waals surface area contributed by atoms with Gasteiger partial charge in [-0.25, -0.2) is 17.1 Å². The van der Waals surface area contributed by atoms with Crippen molar-refractivity contribution in [1.29, 1.82) is 0 Å². The monoisotopic (exact) mass is 337 g/mol. The molecule has 120 valence electrons. The van der Waals surface area contributed by atoms with E-state index in [4.69, 9.17) is 17.3 Å². The van der Waals surface area contributed by atoms with Crippen LogP contribution in [0, 0.1) is 5.82 Å². The van der Waals surface area contributed by atoms with Gasteiger partial charge in [-0.3, -0.25) is 0 Å². The maximum Gasteiger partial charge on any atom is 0.242 e. The molecule has 1 aromatic rings. The van der Waals surface area contributed by atoms with Crippen LogP contribution in [0.4, 0.5) is 4.39 Å². The highest BCUT2D eigenvalue weighted by Crippen LogP contribution is 2.25. The largest absolute Gasteiger partial charge is 0.326 e. The average molecular weight is 338 g/mol. The van der Waals surface area contributed by atoms with Crippen molar-refractivity contribution < 1.29 is 12.8 Å². The molecule has 0 fully saturated rings. The van der Waals surface area contributed by atoms with Gasteiger partial charge in [-0.05, 0) is 44.8 Å². The SMILES string of the molecule is CN(C)CCCN(C)S(=O)(=O)c1cc(F)c(Cl)c(CN)c1. The number of hydrogen-bond acceptors (Lipinski definition) is 4. The molecule has 8 heteroatoms. The van der Waals surface area contributed by atoms with Crippen LogP contribution < -0.4 is 5.73 Å². The molecule has 0 aromatic heterocycles. The van der Waals surface area contributed by atoms with Crippen LogP contribution in [-0.4, -0.2) is 51.9 Å². The topological polar surface area (TPSA) is 66.6 Å². The minimum Gasteiger partial charge on any atom is -0.326 e. The normalized spacial score (nSPS) is 12.4. The first-order valence-electron chi connectivity index (χ1n) is 6.49. The Bertz CT molecular complexity index is 593. The fraction of sp³-hybridized carbons (Fsp3) is 0.538. The van der Waals surface area contributed by atoms with Crippen LogP contribution in [0.1, 0.15) is 12.0 Å². The Labute approximate surface area is 130 Å². The molecule has 0 radical (unpaired) electrons. The van der Waals surface area contributed by atoms with Gasteiger partial charge in [0.25, 0.3) is 0 Å². The lowest BCUT2D eigenvalue weighted by Gasteiger charge is -2.19.